The Morgan fingerprint density at radius 1 is 0.950 bits per heavy atom. The molecule has 4 rings (SSSR count). The fourth-order valence-corrected chi connectivity index (χ4v) is 2.54. The van der Waals surface area contributed by atoms with E-state index in [9.17, 15) is 4.79 Å². The lowest BCUT2D eigenvalue weighted by atomic mass is 9.94. The second-order valence-corrected chi connectivity index (χ2v) is 4.74. The van der Waals surface area contributed by atoms with Crippen molar-refractivity contribution >= 4 is 29.2 Å². The van der Waals surface area contributed by atoms with E-state index in [4.69, 9.17) is 0 Å². The minimum Gasteiger partial charge on any atom is -0.271 e. The van der Waals surface area contributed by atoms with Gasteiger partial charge in [-0.3, -0.25) is 9.79 Å². The highest BCUT2D eigenvalue weighted by atomic mass is 16.2. The van der Waals surface area contributed by atoms with Gasteiger partial charge >= 0.3 is 0 Å². The number of carbonyl (C=O) groups excluding carboxylic acids is 1. The number of nitrogens with zero attached hydrogens (tertiary/aromatic N) is 3. The molecule has 0 N–H and O–H groups in total. The molecule has 0 fully saturated rings. The van der Waals surface area contributed by atoms with E-state index < -0.39 is 0 Å². The molecule has 1 amide bonds. The number of anilines is 1. The van der Waals surface area contributed by atoms with Gasteiger partial charge in [-0.2, -0.15) is 10.1 Å². The molecular formula is C16H11N3O. The molecule has 0 bridgehead atoms. The molecule has 0 aromatic heterocycles. The first kappa shape index (κ1) is 11.1. The largest absolute Gasteiger partial charge is 0.271 e. The molecule has 0 aliphatic carbocycles. The van der Waals surface area contributed by atoms with E-state index >= 15 is 0 Å². The van der Waals surface area contributed by atoms with Crippen molar-refractivity contribution < 1.29 is 4.79 Å². The number of hydrogen-bond donors (Lipinski definition) is 0. The molecule has 4 heteroatoms. The first-order valence-electron chi connectivity index (χ1n) is 6.46. The van der Waals surface area contributed by atoms with Crippen LogP contribution < -0.4 is 5.01 Å². The highest BCUT2D eigenvalue weighted by molar-refractivity contribution is 6.31. The highest BCUT2D eigenvalue weighted by Crippen LogP contribution is 2.32. The van der Waals surface area contributed by atoms with Crippen LogP contribution in [0.25, 0.3) is 0 Å². The summed E-state index contributed by atoms with van der Waals surface area (Å²) >= 11 is 0. The molecule has 2 aromatic carbocycles. The lowest BCUT2D eigenvalue weighted by Gasteiger charge is -2.14. The summed E-state index contributed by atoms with van der Waals surface area (Å²) in [5, 5.41) is 5.98. The third-order valence-electron chi connectivity index (χ3n) is 3.52. The van der Waals surface area contributed by atoms with E-state index in [2.05, 4.69) is 10.1 Å². The third-order valence-corrected chi connectivity index (χ3v) is 3.52. The van der Waals surface area contributed by atoms with Crippen LogP contribution >= 0.6 is 0 Å². The van der Waals surface area contributed by atoms with Crippen LogP contribution in [-0.4, -0.2) is 17.8 Å². The summed E-state index contributed by atoms with van der Waals surface area (Å²) in [5.41, 5.74) is 3.37. The fourth-order valence-electron chi connectivity index (χ4n) is 2.54. The summed E-state index contributed by atoms with van der Waals surface area (Å²) in [4.78, 5) is 16.8. The van der Waals surface area contributed by atoms with Gasteiger partial charge in [-0.15, -0.1) is 0 Å². The molecule has 1 atom stereocenters. The lowest BCUT2D eigenvalue weighted by Crippen LogP contribution is -2.29. The Bertz CT molecular complexity index is 749. The predicted octanol–water partition coefficient (Wildman–Crippen LogP) is 2.77. The number of para-hydroxylation sites is 2. The average Bonchev–Trinajstić information content (AvgIpc) is 2.86. The second kappa shape index (κ2) is 4.13. The number of hydrogen-bond acceptors (Lipinski definition) is 3. The van der Waals surface area contributed by atoms with E-state index in [1.807, 2.05) is 54.6 Å². The summed E-state index contributed by atoms with van der Waals surface area (Å²) in [5.74, 6) is -0.422. The Balaban J connectivity index is 1.84. The minimum atomic E-state index is -0.370. The molecule has 0 radical (unpaired) electrons. The maximum Gasteiger partial charge on any atom is 0.262 e. The smallest absolute Gasteiger partial charge is 0.262 e. The van der Waals surface area contributed by atoms with E-state index in [1.165, 1.54) is 5.01 Å². The van der Waals surface area contributed by atoms with Crippen molar-refractivity contribution in [2.75, 3.05) is 5.01 Å². The van der Waals surface area contributed by atoms with Gasteiger partial charge in [0.05, 0.1) is 17.1 Å². The molecule has 4 nitrogen and oxygen atoms in total. The third kappa shape index (κ3) is 1.51. The zero-order valence-electron chi connectivity index (χ0n) is 10.6. The van der Waals surface area contributed by atoms with E-state index in [0.29, 0.717) is 0 Å². The van der Waals surface area contributed by atoms with Crippen molar-refractivity contribution in [1.82, 2.24) is 0 Å². The van der Waals surface area contributed by atoms with Crippen LogP contribution in [0.3, 0.4) is 0 Å². The predicted molar refractivity (Wildman–Crippen MR) is 78.5 cm³/mol. The van der Waals surface area contributed by atoms with Crippen LogP contribution in [0.1, 0.15) is 5.56 Å². The average molecular weight is 261 g/mol. The zero-order valence-corrected chi connectivity index (χ0v) is 10.6. The molecule has 2 aliphatic rings. The summed E-state index contributed by atoms with van der Waals surface area (Å²) in [6.07, 6.45) is 1.69. The Morgan fingerprint density at radius 3 is 2.55 bits per heavy atom. The minimum absolute atomic E-state index is 0.0514. The monoisotopic (exact) mass is 261 g/mol. The maximum absolute atomic E-state index is 12.5. The summed E-state index contributed by atoms with van der Waals surface area (Å²) in [6.45, 7) is 0. The van der Waals surface area contributed by atoms with Crippen molar-refractivity contribution in [2.24, 2.45) is 16.0 Å². The zero-order chi connectivity index (χ0) is 13.5. The van der Waals surface area contributed by atoms with Crippen molar-refractivity contribution in [1.29, 1.82) is 0 Å². The van der Waals surface area contributed by atoms with Crippen LogP contribution in [0.2, 0.25) is 0 Å². The van der Waals surface area contributed by atoms with Gasteiger partial charge in [-0.05, 0) is 18.2 Å². The van der Waals surface area contributed by atoms with Crippen molar-refractivity contribution in [3.05, 3.63) is 60.2 Å². The molecule has 20 heavy (non-hydrogen) atoms. The molecule has 0 saturated carbocycles. The van der Waals surface area contributed by atoms with Crippen LogP contribution in [0, 0.1) is 5.92 Å². The number of amides is 1. The van der Waals surface area contributed by atoms with E-state index in [1.54, 1.807) is 6.21 Å². The Labute approximate surface area is 116 Å². The van der Waals surface area contributed by atoms with Crippen LogP contribution in [-0.2, 0) is 4.79 Å². The second-order valence-electron chi connectivity index (χ2n) is 4.74. The quantitative estimate of drug-likeness (QED) is 0.778. The van der Waals surface area contributed by atoms with Gasteiger partial charge in [0.2, 0.25) is 0 Å². The number of benzene rings is 2. The fraction of sp³-hybridized carbons (Fsp3) is 0.0625. The Kier molecular flexibility index (Phi) is 2.29. The van der Waals surface area contributed by atoms with Gasteiger partial charge in [0, 0.05) is 11.8 Å². The van der Waals surface area contributed by atoms with Gasteiger partial charge in [0.25, 0.3) is 5.91 Å². The normalized spacial score (nSPS) is 19.6. The van der Waals surface area contributed by atoms with Crippen molar-refractivity contribution in [2.45, 2.75) is 0 Å². The Morgan fingerprint density at radius 2 is 1.70 bits per heavy atom. The lowest BCUT2D eigenvalue weighted by molar-refractivity contribution is -0.118. The van der Waals surface area contributed by atoms with Gasteiger partial charge < -0.3 is 0 Å². The molecule has 0 spiro atoms. The van der Waals surface area contributed by atoms with E-state index in [-0.39, 0.29) is 11.8 Å². The first-order chi connectivity index (χ1) is 9.84. The van der Waals surface area contributed by atoms with Gasteiger partial charge in [0.15, 0.2) is 0 Å². The van der Waals surface area contributed by atoms with Crippen molar-refractivity contribution in [3.8, 4) is 0 Å². The van der Waals surface area contributed by atoms with Crippen LogP contribution in [0.15, 0.2) is 64.7 Å². The van der Waals surface area contributed by atoms with E-state index in [0.717, 1.165) is 22.6 Å². The number of rotatable bonds is 1. The maximum atomic E-state index is 12.5. The summed E-state index contributed by atoms with van der Waals surface area (Å²) in [7, 11) is 0. The number of fused-ring (bicyclic) bond motifs is 3. The number of aliphatic imine (C=N–C) groups is 1. The molecule has 0 saturated heterocycles. The van der Waals surface area contributed by atoms with Gasteiger partial charge in [-0.25, -0.2) is 0 Å². The SMILES string of the molecule is O=C1C2C=Nc3ccccc3C2=NN1c1ccccc1. The van der Waals surface area contributed by atoms with Crippen LogP contribution in [0.4, 0.5) is 11.4 Å². The first-order valence-corrected chi connectivity index (χ1v) is 6.46. The highest BCUT2D eigenvalue weighted by Gasteiger charge is 2.38. The molecule has 2 aromatic rings. The molecule has 2 heterocycles. The van der Waals surface area contributed by atoms with Crippen molar-refractivity contribution in [3.63, 3.8) is 0 Å². The molecular weight excluding hydrogens is 250 g/mol. The number of carbonyl (C=O) groups is 1. The molecule has 96 valence electrons. The molecule has 1 unspecified atom stereocenters. The number of hydrazone groups is 1. The van der Waals surface area contributed by atoms with Gasteiger partial charge in [0.1, 0.15) is 5.92 Å². The molecule has 2 aliphatic heterocycles. The summed E-state index contributed by atoms with van der Waals surface area (Å²) in [6, 6.07) is 17.2. The Hall–Kier alpha value is -2.75. The summed E-state index contributed by atoms with van der Waals surface area (Å²) < 4.78 is 0. The topological polar surface area (TPSA) is 45.0 Å². The van der Waals surface area contributed by atoms with Crippen LogP contribution in [0.5, 0.6) is 0 Å². The van der Waals surface area contributed by atoms with Gasteiger partial charge in [-0.1, -0.05) is 36.4 Å². The standard InChI is InChI=1S/C16H11N3O/c20-16-13-10-17-14-9-5-4-8-12(14)15(13)18-19(16)11-6-2-1-3-7-11/h1-10,13H.